The van der Waals surface area contributed by atoms with Gasteiger partial charge in [-0.15, -0.1) is 0 Å². The molecule has 0 aromatic heterocycles. The normalized spacial score (nSPS) is 16.4. The van der Waals surface area contributed by atoms with Gasteiger partial charge in [-0.25, -0.2) is 0 Å². The van der Waals surface area contributed by atoms with Gasteiger partial charge in [0.1, 0.15) is 0 Å². The van der Waals surface area contributed by atoms with Crippen LogP contribution in [0.25, 0.3) is 0 Å². The fourth-order valence-corrected chi connectivity index (χ4v) is 3.34. The first-order chi connectivity index (χ1) is 12.2. The van der Waals surface area contributed by atoms with Crippen LogP contribution in [0.5, 0.6) is 0 Å². The van der Waals surface area contributed by atoms with E-state index in [0.29, 0.717) is 24.1 Å². The van der Waals surface area contributed by atoms with Crippen molar-refractivity contribution in [2.45, 2.75) is 31.7 Å². The Hall–Kier alpha value is -2.93. The molecule has 4 nitrogen and oxygen atoms in total. The highest BCUT2D eigenvalue weighted by Gasteiger charge is 2.31. The van der Waals surface area contributed by atoms with Crippen molar-refractivity contribution in [1.82, 2.24) is 4.90 Å². The monoisotopic (exact) mass is 332 g/mol. The van der Waals surface area contributed by atoms with Crippen LogP contribution in [-0.2, 0) is 6.42 Å². The molecule has 126 valence electrons. The minimum absolute atomic E-state index is 0.0526. The van der Waals surface area contributed by atoms with Crippen LogP contribution in [0.1, 0.15) is 45.5 Å². The summed E-state index contributed by atoms with van der Waals surface area (Å²) in [6, 6.07) is 18.5. The minimum atomic E-state index is -0.0557. The molecule has 4 heteroatoms. The van der Waals surface area contributed by atoms with E-state index in [1.807, 2.05) is 41.3 Å². The van der Waals surface area contributed by atoms with Crippen molar-refractivity contribution in [2.24, 2.45) is 0 Å². The molecule has 2 aromatic rings. The van der Waals surface area contributed by atoms with Gasteiger partial charge in [-0.1, -0.05) is 42.5 Å². The third-order valence-electron chi connectivity index (χ3n) is 4.61. The second-order valence-electron chi connectivity index (χ2n) is 6.32. The van der Waals surface area contributed by atoms with E-state index in [1.165, 1.54) is 0 Å². The van der Waals surface area contributed by atoms with Crippen LogP contribution >= 0.6 is 0 Å². The van der Waals surface area contributed by atoms with Crippen LogP contribution in [0.3, 0.4) is 0 Å². The summed E-state index contributed by atoms with van der Waals surface area (Å²) in [5.74, 6) is 0.0201. The predicted molar refractivity (Wildman–Crippen MR) is 95.2 cm³/mol. The Morgan fingerprint density at radius 2 is 1.84 bits per heavy atom. The van der Waals surface area contributed by atoms with Crippen LogP contribution in [0.4, 0.5) is 0 Å². The van der Waals surface area contributed by atoms with Gasteiger partial charge in [-0.3, -0.25) is 9.59 Å². The number of hydrogen-bond donors (Lipinski definition) is 0. The number of Topliss-reactive ketones (excluding diaryl/α,β-unsaturated/α-hetero) is 1. The van der Waals surface area contributed by atoms with Gasteiger partial charge in [0.2, 0.25) is 0 Å². The highest BCUT2D eigenvalue weighted by atomic mass is 16.2. The highest BCUT2D eigenvalue weighted by molar-refractivity contribution is 5.98. The topological polar surface area (TPSA) is 61.2 Å². The largest absolute Gasteiger partial charge is 0.335 e. The van der Waals surface area contributed by atoms with Crippen molar-refractivity contribution in [1.29, 1.82) is 5.26 Å². The van der Waals surface area contributed by atoms with Crippen molar-refractivity contribution in [2.75, 3.05) is 6.54 Å². The number of ketones is 1. The van der Waals surface area contributed by atoms with E-state index in [0.717, 1.165) is 18.4 Å². The lowest BCUT2D eigenvalue weighted by molar-refractivity contribution is 0.0717. The number of likely N-dealkylation sites (tertiary alicyclic amines) is 1. The van der Waals surface area contributed by atoms with Gasteiger partial charge >= 0.3 is 0 Å². The zero-order chi connectivity index (χ0) is 17.6. The van der Waals surface area contributed by atoms with Crippen molar-refractivity contribution < 1.29 is 9.59 Å². The molecule has 2 aromatic carbocycles. The fourth-order valence-electron chi connectivity index (χ4n) is 3.34. The van der Waals surface area contributed by atoms with E-state index in [9.17, 15) is 9.59 Å². The van der Waals surface area contributed by atoms with Gasteiger partial charge in [0.25, 0.3) is 5.91 Å². The Labute approximate surface area is 147 Å². The molecule has 1 saturated heterocycles. The minimum Gasteiger partial charge on any atom is -0.335 e. The maximum absolute atomic E-state index is 12.9. The average molecular weight is 332 g/mol. The van der Waals surface area contributed by atoms with Crippen LogP contribution in [-0.4, -0.2) is 29.2 Å². The first kappa shape index (κ1) is 16.9. The molecule has 1 unspecified atom stereocenters. The van der Waals surface area contributed by atoms with E-state index in [-0.39, 0.29) is 24.2 Å². The van der Waals surface area contributed by atoms with Crippen LogP contribution < -0.4 is 0 Å². The summed E-state index contributed by atoms with van der Waals surface area (Å²) in [5, 5.41) is 8.83. The summed E-state index contributed by atoms with van der Waals surface area (Å²) < 4.78 is 0. The van der Waals surface area contributed by atoms with E-state index < -0.39 is 0 Å². The number of hydrogen-bond acceptors (Lipinski definition) is 3. The van der Waals surface area contributed by atoms with Crippen molar-refractivity contribution in [3.05, 3.63) is 71.3 Å². The average Bonchev–Trinajstić information content (AvgIpc) is 3.10. The van der Waals surface area contributed by atoms with Gasteiger partial charge in [0, 0.05) is 30.1 Å². The quantitative estimate of drug-likeness (QED) is 0.786. The molecule has 1 aliphatic rings. The van der Waals surface area contributed by atoms with Gasteiger partial charge in [0.15, 0.2) is 5.78 Å². The molecule has 1 amide bonds. The third-order valence-corrected chi connectivity index (χ3v) is 4.61. The van der Waals surface area contributed by atoms with Crippen LogP contribution in [0.2, 0.25) is 0 Å². The molecule has 0 aliphatic carbocycles. The van der Waals surface area contributed by atoms with Gasteiger partial charge in [0.05, 0.1) is 12.5 Å². The molecule has 25 heavy (non-hydrogen) atoms. The highest BCUT2D eigenvalue weighted by Crippen LogP contribution is 2.24. The summed E-state index contributed by atoms with van der Waals surface area (Å²) in [5.41, 5.74) is 2.12. The molecule has 0 saturated carbocycles. The second kappa shape index (κ2) is 7.76. The molecular weight excluding hydrogens is 312 g/mol. The maximum atomic E-state index is 12.9. The Morgan fingerprint density at radius 1 is 1.08 bits per heavy atom. The Kier molecular flexibility index (Phi) is 5.25. The summed E-state index contributed by atoms with van der Waals surface area (Å²) in [6.45, 7) is 0.675. The molecular formula is C21H20N2O2. The number of benzene rings is 2. The van der Waals surface area contributed by atoms with E-state index >= 15 is 0 Å². The molecule has 0 bridgehead atoms. The lowest BCUT2D eigenvalue weighted by Gasteiger charge is -2.24. The first-order valence-corrected chi connectivity index (χ1v) is 8.54. The number of carbonyl (C=O) groups is 2. The summed E-state index contributed by atoms with van der Waals surface area (Å²) in [4.78, 5) is 27.1. The fraction of sp³-hybridized carbons (Fsp3) is 0.286. The maximum Gasteiger partial charge on any atom is 0.254 e. The lowest BCUT2D eigenvalue weighted by atomic mass is 10.0. The summed E-state index contributed by atoms with van der Waals surface area (Å²) >= 11 is 0. The molecule has 3 rings (SSSR count). The van der Waals surface area contributed by atoms with Crippen LogP contribution in [0, 0.1) is 11.3 Å². The number of nitriles is 1. The van der Waals surface area contributed by atoms with Crippen LogP contribution in [0.15, 0.2) is 54.6 Å². The van der Waals surface area contributed by atoms with Gasteiger partial charge in [-0.2, -0.15) is 5.26 Å². The number of amides is 1. The Balaban J connectivity index is 1.73. The van der Waals surface area contributed by atoms with Gasteiger partial charge < -0.3 is 4.90 Å². The predicted octanol–water partition coefficient (Wildman–Crippen LogP) is 3.63. The van der Waals surface area contributed by atoms with Crippen molar-refractivity contribution >= 4 is 11.7 Å². The van der Waals surface area contributed by atoms with Crippen molar-refractivity contribution in [3.63, 3.8) is 0 Å². The molecule has 1 aliphatic heterocycles. The Morgan fingerprint density at radius 3 is 2.60 bits per heavy atom. The molecule has 1 atom stereocenters. The summed E-state index contributed by atoms with van der Waals surface area (Å²) in [7, 11) is 0. The van der Waals surface area contributed by atoms with Gasteiger partial charge in [-0.05, 0) is 30.5 Å². The molecule has 0 N–H and O–H groups in total. The molecule has 0 radical (unpaired) electrons. The third kappa shape index (κ3) is 3.95. The smallest absolute Gasteiger partial charge is 0.254 e. The van der Waals surface area contributed by atoms with E-state index in [2.05, 4.69) is 6.07 Å². The lowest BCUT2D eigenvalue weighted by Crippen LogP contribution is -2.36. The first-order valence-electron chi connectivity index (χ1n) is 8.54. The number of rotatable bonds is 5. The van der Waals surface area contributed by atoms with E-state index in [1.54, 1.807) is 18.2 Å². The molecule has 1 fully saturated rings. The molecule has 0 spiro atoms. The zero-order valence-corrected chi connectivity index (χ0v) is 14.0. The zero-order valence-electron chi connectivity index (χ0n) is 14.0. The Bertz CT molecular complexity index is 808. The number of nitrogens with zero attached hydrogens (tertiary/aromatic N) is 2. The standard InChI is InChI=1S/C21H20N2O2/c22-12-11-16-6-4-9-18(14-16)21(25)23-13-5-10-19(23)15-20(24)17-7-2-1-3-8-17/h1-4,6-9,14,19H,5,10-11,13,15H2. The summed E-state index contributed by atoms with van der Waals surface area (Å²) in [6.07, 6.45) is 2.41. The van der Waals surface area contributed by atoms with Crippen molar-refractivity contribution in [3.8, 4) is 6.07 Å². The van der Waals surface area contributed by atoms with E-state index in [4.69, 9.17) is 5.26 Å². The SMILES string of the molecule is N#CCc1cccc(C(=O)N2CCCC2CC(=O)c2ccccc2)c1. The second-order valence-corrected chi connectivity index (χ2v) is 6.32. The number of carbonyl (C=O) groups excluding carboxylic acids is 2. The molecule has 1 heterocycles.